The number of rotatable bonds is 4. The van der Waals surface area contributed by atoms with Crippen molar-refractivity contribution < 1.29 is 4.39 Å². The molecule has 1 N–H and O–H groups in total. The van der Waals surface area contributed by atoms with E-state index in [4.69, 9.17) is 11.6 Å². The first-order chi connectivity index (χ1) is 6.75. The van der Waals surface area contributed by atoms with Crippen molar-refractivity contribution >= 4 is 17.7 Å². The van der Waals surface area contributed by atoms with Crippen molar-refractivity contribution in [1.29, 1.82) is 0 Å². The van der Waals surface area contributed by atoms with Gasteiger partial charge < -0.3 is 5.32 Å². The maximum atomic E-state index is 13.3. The van der Waals surface area contributed by atoms with Gasteiger partial charge in [-0.3, -0.25) is 0 Å². The lowest BCUT2D eigenvalue weighted by atomic mass is 10.2. The molecule has 0 fully saturated rings. The first-order valence-electron chi connectivity index (χ1n) is 4.51. The van der Waals surface area contributed by atoms with Crippen molar-refractivity contribution in [3.63, 3.8) is 0 Å². The Bertz CT molecular complexity index is 323. The molecule has 0 aliphatic heterocycles. The Morgan fingerprint density at radius 2 is 2.29 bits per heavy atom. The normalized spacial score (nSPS) is 11.1. The highest BCUT2D eigenvalue weighted by Crippen LogP contribution is 2.18. The van der Waals surface area contributed by atoms with Crippen LogP contribution in [0.1, 0.15) is 12.0 Å². The Morgan fingerprint density at radius 1 is 1.50 bits per heavy atom. The molecule has 0 unspecified atom stereocenters. The van der Waals surface area contributed by atoms with E-state index in [9.17, 15) is 4.39 Å². The van der Waals surface area contributed by atoms with Crippen molar-refractivity contribution in [3.8, 4) is 0 Å². The number of benzene rings is 1. The predicted octanol–water partition coefficient (Wildman–Crippen LogP) is 3.10. The van der Waals surface area contributed by atoms with E-state index in [1.165, 1.54) is 0 Å². The molecule has 76 valence electrons. The van der Waals surface area contributed by atoms with Gasteiger partial charge in [0.25, 0.3) is 0 Å². The van der Waals surface area contributed by atoms with Crippen molar-refractivity contribution in [2.45, 2.75) is 6.42 Å². The van der Waals surface area contributed by atoms with Gasteiger partial charge in [-0.15, -0.1) is 0 Å². The molecule has 0 saturated heterocycles. The van der Waals surface area contributed by atoms with Crippen LogP contribution < -0.4 is 5.32 Å². The molecule has 0 saturated carbocycles. The second kappa shape index (κ2) is 5.78. The monoisotopic (exact) mass is 213 g/mol. The van der Waals surface area contributed by atoms with Crippen molar-refractivity contribution in [1.82, 2.24) is 5.32 Å². The molecule has 0 radical (unpaired) electrons. The number of hydrogen-bond donors (Lipinski definition) is 1. The summed E-state index contributed by atoms with van der Waals surface area (Å²) in [6.45, 7) is 0.888. The molecule has 0 atom stereocenters. The summed E-state index contributed by atoms with van der Waals surface area (Å²) in [7, 11) is 1.88. The molecule has 0 amide bonds. The molecule has 0 bridgehead atoms. The van der Waals surface area contributed by atoms with E-state index >= 15 is 0 Å². The lowest BCUT2D eigenvalue weighted by molar-refractivity contribution is 0.625. The molecule has 0 heterocycles. The van der Waals surface area contributed by atoms with Crippen LogP contribution in [0.4, 0.5) is 4.39 Å². The van der Waals surface area contributed by atoms with Crippen LogP contribution in [0.5, 0.6) is 0 Å². The van der Waals surface area contributed by atoms with Crippen LogP contribution in [0, 0.1) is 5.82 Å². The first-order valence-corrected chi connectivity index (χ1v) is 4.88. The minimum Gasteiger partial charge on any atom is -0.319 e. The topological polar surface area (TPSA) is 12.0 Å². The largest absolute Gasteiger partial charge is 0.319 e. The van der Waals surface area contributed by atoms with E-state index in [1.54, 1.807) is 24.3 Å². The molecule has 3 heteroatoms. The van der Waals surface area contributed by atoms with E-state index in [0.717, 1.165) is 13.0 Å². The van der Waals surface area contributed by atoms with E-state index in [1.807, 2.05) is 13.1 Å². The Labute approximate surface area is 88.6 Å². The lowest BCUT2D eigenvalue weighted by Crippen LogP contribution is -2.05. The van der Waals surface area contributed by atoms with Gasteiger partial charge in [0.2, 0.25) is 0 Å². The highest BCUT2D eigenvalue weighted by atomic mass is 35.5. The van der Waals surface area contributed by atoms with Crippen LogP contribution in [-0.2, 0) is 0 Å². The number of nitrogens with one attached hydrogen (secondary N) is 1. The Morgan fingerprint density at radius 3 is 3.00 bits per heavy atom. The molecule has 0 aromatic heterocycles. The minimum absolute atomic E-state index is 0.167. The van der Waals surface area contributed by atoms with E-state index in [2.05, 4.69) is 5.32 Å². The Balaban J connectivity index is 2.67. The summed E-state index contributed by atoms with van der Waals surface area (Å²) in [5.74, 6) is -0.352. The second-order valence-electron chi connectivity index (χ2n) is 2.94. The third-order valence-corrected chi connectivity index (χ3v) is 2.13. The van der Waals surface area contributed by atoms with Gasteiger partial charge >= 0.3 is 0 Å². The quantitative estimate of drug-likeness (QED) is 0.758. The Kier molecular flexibility index (Phi) is 4.63. The number of hydrogen-bond acceptors (Lipinski definition) is 1. The van der Waals surface area contributed by atoms with Gasteiger partial charge in [0, 0.05) is 5.56 Å². The smallest absolute Gasteiger partial charge is 0.148 e. The third-order valence-electron chi connectivity index (χ3n) is 1.84. The zero-order valence-corrected chi connectivity index (χ0v) is 8.81. The van der Waals surface area contributed by atoms with Gasteiger partial charge in [0.05, 0.1) is 5.02 Å². The molecular formula is C11H13ClFN. The lowest BCUT2D eigenvalue weighted by Gasteiger charge is -1.98. The molecule has 0 aliphatic carbocycles. The highest BCUT2D eigenvalue weighted by molar-refractivity contribution is 6.30. The zero-order valence-electron chi connectivity index (χ0n) is 8.06. The summed E-state index contributed by atoms with van der Waals surface area (Å²) < 4.78 is 13.3. The van der Waals surface area contributed by atoms with E-state index in [-0.39, 0.29) is 10.8 Å². The van der Waals surface area contributed by atoms with E-state index in [0.29, 0.717) is 5.56 Å². The molecule has 1 aromatic carbocycles. The van der Waals surface area contributed by atoms with Gasteiger partial charge in [-0.2, -0.15) is 0 Å². The van der Waals surface area contributed by atoms with Crippen molar-refractivity contribution in [2.75, 3.05) is 13.6 Å². The molecule has 1 rings (SSSR count). The fourth-order valence-electron chi connectivity index (χ4n) is 1.09. The summed E-state index contributed by atoms with van der Waals surface area (Å²) in [4.78, 5) is 0. The summed E-state index contributed by atoms with van der Waals surface area (Å²) in [6, 6.07) is 4.99. The van der Waals surface area contributed by atoms with Crippen molar-refractivity contribution in [2.24, 2.45) is 0 Å². The molecule has 1 nitrogen and oxygen atoms in total. The highest BCUT2D eigenvalue weighted by Gasteiger charge is 2.01. The average Bonchev–Trinajstić information content (AvgIpc) is 2.19. The SMILES string of the molecule is CNCCC=Cc1cccc(Cl)c1F. The van der Waals surface area contributed by atoms with Gasteiger partial charge in [-0.1, -0.05) is 35.9 Å². The van der Waals surface area contributed by atoms with Crippen LogP contribution in [0.2, 0.25) is 5.02 Å². The molecule has 14 heavy (non-hydrogen) atoms. The van der Waals surface area contributed by atoms with Crippen LogP contribution in [0.15, 0.2) is 24.3 Å². The van der Waals surface area contributed by atoms with Crippen LogP contribution in [-0.4, -0.2) is 13.6 Å². The molecule has 0 spiro atoms. The molecule has 0 aliphatic rings. The first kappa shape index (κ1) is 11.2. The maximum Gasteiger partial charge on any atom is 0.148 e. The van der Waals surface area contributed by atoms with Crippen LogP contribution in [0.3, 0.4) is 0 Å². The zero-order chi connectivity index (χ0) is 10.4. The van der Waals surface area contributed by atoms with Gasteiger partial charge in [-0.25, -0.2) is 4.39 Å². The Hall–Kier alpha value is -0.860. The van der Waals surface area contributed by atoms with Crippen LogP contribution >= 0.6 is 11.6 Å². The fourth-order valence-corrected chi connectivity index (χ4v) is 1.27. The fraction of sp³-hybridized carbons (Fsp3) is 0.273. The third kappa shape index (κ3) is 3.13. The molecular weight excluding hydrogens is 201 g/mol. The maximum absolute atomic E-state index is 13.3. The van der Waals surface area contributed by atoms with Gasteiger partial charge in [-0.05, 0) is 26.1 Å². The molecule has 1 aromatic rings. The van der Waals surface area contributed by atoms with Gasteiger partial charge in [0.15, 0.2) is 0 Å². The second-order valence-corrected chi connectivity index (χ2v) is 3.34. The summed E-state index contributed by atoms with van der Waals surface area (Å²) in [6.07, 6.45) is 4.55. The van der Waals surface area contributed by atoms with Crippen molar-refractivity contribution in [3.05, 3.63) is 40.7 Å². The van der Waals surface area contributed by atoms with E-state index < -0.39 is 0 Å². The summed E-state index contributed by atoms with van der Waals surface area (Å²) >= 11 is 5.63. The van der Waals surface area contributed by atoms with Gasteiger partial charge in [0.1, 0.15) is 5.82 Å². The average molecular weight is 214 g/mol. The predicted molar refractivity (Wildman–Crippen MR) is 59.0 cm³/mol. The summed E-state index contributed by atoms with van der Waals surface area (Å²) in [5.41, 5.74) is 0.536. The summed E-state index contributed by atoms with van der Waals surface area (Å²) in [5, 5.41) is 3.18. The van der Waals surface area contributed by atoms with Crippen LogP contribution in [0.25, 0.3) is 6.08 Å². The minimum atomic E-state index is -0.352. The standard InChI is InChI=1S/C11H13ClFN/c1-14-8-3-2-5-9-6-4-7-10(12)11(9)13/h2,4-7,14H,3,8H2,1H3. The number of halogens is 2.